The van der Waals surface area contributed by atoms with Gasteiger partial charge in [-0.1, -0.05) is 24.3 Å². The number of carbonyl (C=O) groups excluding carboxylic acids is 1. The van der Waals surface area contributed by atoms with Crippen molar-refractivity contribution < 1.29 is 37.3 Å². The van der Waals surface area contributed by atoms with Crippen molar-refractivity contribution in [3.63, 3.8) is 0 Å². The van der Waals surface area contributed by atoms with E-state index in [1.54, 1.807) is 0 Å². The number of carboxylic acids is 1. The van der Waals surface area contributed by atoms with Gasteiger partial charge >= 0.3 is 12.1 Å². The van der Waals surface area contributed by atoms with Crippen LogP contribution in [0.5, 0.6) is 0 Å². The van der Waals surface area contributed by atoms with Crippen LogP contribution in [0.15, 0.2) is 24.3 Å². The molecule has 0 aliphatic carbocycles. The van der Waals surface area contributed by atoms with Gasteiger partial charge in [0.1, 0.15) is 0 Å². The Balaban J connectivity index is 0.000000339. The molecule has 172 valence electrons. The number of amides is 1. The SMILES string of the molecule is Cc1ccccc1CN1CC2CC(C(=O)N3CCOCC3)C(C1)O2.O=C(O)C(F)(F)F. The average Bonchev–Trinajstić information content (AvgIpc) is 3.03. The molecular formula is C21H27F3N2O5. The maximum absolute atomic E-state index is 12.8. The molecule has 0 aromatic heterocycles. The van der Waals surface area contributed by atoms with Gasteiger partial charge in [-0.05, 0) is 24.5 Å². The van der Waals surface area contributed by atoms with E-state index < -0.39 is 12.1 Å². The first-order valence-corrected chi connectivity index (χ1v) is 10.2. The standard InChI is InChI=1S/C19H26N2O3.C2HF3O2/c1-14-4-2-3-5-15(14)11-20-12-16-10-17(18(13-20)24-16)19(22)21-6-8-23-9-7-21;3-2(4,5)1(6)7/h2-5,16-18H,6-13H2,1H3;(H,6,7). The number of fused-ring (bicyclic) bond motifs is 2. The number of morpholine rings is 2. The summed E-state index contributed by atoms with van der Waals surface area (Å²) >= 11 is 0. The third-order valence-corrected chi connectivity index (χ3v) is 5.77. The average molecular weight is 444 g/mol. The summed E-state index contributed by atoms with van der Waals surface area (Å²) in [6.45, 7) is 7.65. The summed E-state index contributed by atoms with van der Waals surface area (Å²) in [5.74, 6) is -2.47. The second kappa shape index (κ2) is 9.97. The van der Waals surface area contributed by atoms with Crippen molar-refractivity contribution in [2.24, 2.45) is 5.92 Å². The molecule has 3 unspecified atom stereocenters. The number of alkyl halides is 3. The van der Waals surface area contributed by atoms with Crippen molar-refractivity contribution in [3.8, 4) is 0 Å². The molecule has 31 heavy (non-hydrogen) atoms. The predicted molar refractivity (Wildman–Crippen MR) is 104 cm³/mol. The minimum absolute atomic E-state index is 0.0231. The third kappa shape index (κ3) is 6.18. The van der Waals surface area contributed by atoms with Crippen LogP contribution in [0.3, 0.4) is 0 Å². The van der Waals surface area contributed by atoms with Crippen LogP contribution < -0.4 is 0 Å². The van der Waals surface area contributed by atoms with Crippen LogP contribution in [0.1, 0.15) is 17.5 Å². The molecule has 1 N–H and O–H groups in total. The van der Waals surface area contributed by atoms with Gasteiger partial charge in [0.2, 0.25) is 5.91 Å². The van der Waals surface area contributed by atoms with Crippen molar-refractivity contribution in [3.05, 3.63) is 35.4 Å². The van der Waals surface area contributed by atoms with Crippen molar-refractivity contribution in [2.45, 2.75) is 38.3 Å². The molecule has 0 saturated carbocycles. The predicted octanol–water partition coefficient (Wildman–Crippen LogP) is 2.08. The normalized spacial score (nSPS) is 26.2. The number of rotatable bonds is 3. The van der Waals surface area contributed by atoms with Gasteiger partial charge in [-0.3, -0.25) is 9.69 Å². The Kier molecular flexibility index (Phi) is 7.55. The van der Waals surface area contributed by atoms with Crippen molar-refractivity contribution in [2.75, 3.05) is 39.4 Å². The number of carbonyl (C=O) groups is 2. The number of nitrogens with zero attached hydrogens (tertiary/aromatic N) is 2. The van der Waals surface area contributed by atoms with E-state index >= 15 is 0 Å². The maximum atomic E-state index is 12.8. The summed E-state index contributed by atoms with van der Waals surface area (Å²) in [5, 5.41) is 7.12. The Morgan fingerprint density at radius 3 is 2.42 bits per heavy atom. The topological polar surface area (TPSA) is 79.3 Å². The Morgan fingerprint density at radius 2 is 1.81 bits per heavy atom. The fraction of sp³-hybridized carbons (Fsp3) is 0.619. The van der Waals surface area contributed by atoms with Gasteiger partial charge in [-0.2, -0.15) is 13.2 Å². The number of benzene rings is 1. The summed E-state index contributed by atoms with van der Waals surface area (Å²) in [6.07, 6.45) is -3.98. The minimum atomic E-state index is -5.08. The smallest absolute Gasteiger partial charge is 0.475 e. The molecule has 10 heteroatoms. The summed E-state index contributed by atoms with van der Waals surface area (Å²) in [5.41, 5.74) is 2.70. The van der Waals surface area contributed by atoms with Gasteiger partial charge in [0, 0.05) is 32.7 Å². The molecule has 2 bridgehead atoms. The third-order valence-electron chi connectivity index (χ3n) is 5.77. The second-order valence-electron chi connectivity index (χ2n) is 8.00. The fourth-order valence-corrected chi connectivity index (χ4v) is 4.17. The van der Waals surface area contributed by atoms with Crippen LogP contribution in [0.4, 0.5) is 13.2 Å². The lowest BCUT2D eigenvalue weighted by Gasteiger charge is -2.34. The lowest BCUT2D eigenvalue weighted by molar-refractivity contribution is -0.192. The van der Waals surface area contributed by atoms with E-state index in [2.05, 4.69) is 36.1 Å². The van der Waals surface area contributed by atoms with E-state index in [1.165, 1.54) is 11.1 Å². The first-order chi connectivity index (χ1) is 14.6. The Labute approximate surface area is 178 Å². The van der Waals surface area contributed by atoms with Crippen molar-refractivity contribution >= 4 is 11.9 Å². The van der Waals surface area contributed by atoms with Crippen LogP contribution in [-0.4, -0.2) is 84.6 Å². The first-order valence-electron chi connectivity index (χ1n) is 10.2. The van der Waals surface area contributed by atoms with E-state index in [-0.39, 0.29) is 24.0 Å². The first kappa shape index (κ1) is 23.5. The lowest BCUT2D eigenvalue weighted by Crippen LogP contribution is -2.48. The van der Waals surface area contributed by atoms with Gasteiger partial charge < -0.3 is 19.5 Å². The molecule has 1 aromatic carbocycles. The lowest BCUT2D eigenvalue weighted by atomic mass is 9.98. The van der Waals surface area contributed by atoms with Crippen LogP contribution in [0, 0.1) is 12.8 Å². The molecule has 3 atom stereocenters. The number of halogens is 3. The summed E-state index contributed by atoms with van der Waals surface area (Å²) in [6, 6.07) is 8.54. The quantitative estimate of drug-likeness (QED) is 0.769. The number of hydrogen-bond donors (Lipinski definition) is 1. The molecule has 1 amide bonds. The zero-order valence-electron chi connectivity index (χ0n) is 17.3. The van der Waals surface area contributed by atoms with Crippen LogP contribution >= 0.6 is 0 Å². The Bertz CT molecular complexity index is 783. The second-order valence-corrected chi connectivity index (χ2v) is 8.00. The van der Waals surface area contributed by atoms with E-state index in [0.29, 0.717) is 13.2 Å². The zero-order chi connectivity index (χ0) is 22.6. The van der Waals surface area contributed by atoms with Gasteiger partial charge in [0.15, 0.2) is 0 Å². The van der Waals surface area contributed by atoms with E-state index in [1.807, 2.05) is 4.90 Å². The number of carboxylic acid groups (broad SMARTS) is 1. The molecule has 4 rings (SSSR count). The summed E-state index contributed by atoms with van der Waals surface area (Å²) in [7, 11) is 0. The maximum Gasteiger partial charge on any atom is 0.490 e. The Morgan fingerprint density at radius 1 is 1.16 bits per heavy atom. The van der Waals surface area contributed by atoms with Crippen LogP contribution in [0.25, 0.3) is 0 Å². The molecule has 3 saturated heterocycles. The number of ether oxygens (including phenoxy) is 2. The molecular weight excluding hydrogens is 417 g/mol. The Hall–Kier alpha value is -2.17. The van der Waals surface area contributed by atoms with Crippen molar-refractivity contribution in [1.29, 1.82) is 0 Å². The number of aryl methyl sites for hydroxylation is 1. The van der Waals surface area contributed by atoms with Crippen LogP contribution in [-0.2, 0) is 25.6 Å². The molecule has 0 radical (unpaired) electrons. The summed E-state index contributed by atoms with van der Waals surface area (Å²) < 4.78 is 43.2. The van der Waals surface area contributed by atoms with Crippen molar-refractivity contribution in [1.82, 2.24) is 9.80 Å². The van der Waals surface area contributed by atoms with Gasteiger partial charge in [0.05, 0.1) is 31.3 Å². The minimum Gasteiger partial charge on any atom is -0.475 e. The molecule has 0 spiro atoms. The van der Waals surface area contributed by atoms with Gasteiger partial charge in [-0.15, -0.1) is 0 Å². The monoisotopic (exact) mass is 444 g/mol. The highest BCUT2D eigenvalue weighted by Gasteiger charge is 2.46. The molecule has 3 aliphatic rings. The largest absolute Gasteiger partial charge is 0.490 e. The van der Waals surface area contributed by atoms with Gasteiger partial charge in [-0.25, -0.2) is 4.79 Å². The number of aliphatic carboxylic acids is 1. The van der Waals surface area contributed by atoms with E-state index in [0.717, 1.165) is 39.1 Å². The molecule has 3 fully saturated rings. The highest BCUT2D eigenvalue weighted by molar-refractivity contribution is 5.80. The van der Waals surface area contributed by atoms with E-state index in [4.69, 9.17) is 19.4 Å². The highest BCUT2D eigenvalue weighted by atomic mass is 19.4. The number of hydrogen-bond acceptors (Lipinski definition) is 5. The molecule has 7 nitrogen and oxygen atoms in total. The molecule has 1 aromatic rings. The summed E-state index contributed by atoms with van der Waals surface area (Å²) in [4.78, 5) is 26.1. The van der Waals surface area contributed by atoms with Gasteiger partial charge in [0.25, 0.3) is 0 Å². The van der Waals surface area contributed by atoms with E-state index in [9.17, 15) is 18.0 Å². The highest BCUT2D eigenvalue weighted by Crippen LogP contribution is 2.34. The molecule has 3 aliphatic heterocycles. The van der Waals surface area contributed by atoms with Crippen LogP contribution in [0.2, 0.25) is 0 Å². The number of likely N-dealkylation sites (tertiary alicyclic amines) is 1. The molecule has 3 heterocycles. The zero-order valence-corrected chi connectivity index (χ0v) is 17.3. The fourth-order valence-electron chi connectivity index (χ4n) is 4.17.